The first-order valence-corrected chi connectivity index (χ1v) is 21.5. The Bertz CT molecular complexity index is 1810. The van der Waals surface area contributed by atoms with Gasteiger partial charge >= 0.3 is 0 Å². The van der Waals surface area contributed by atoms with E-state index in [1.807, 2.05) is 0 Å². The van der Waals surface area contributed by atoms with Crippen LogP contribution in [0.4, 0.5) is 5.82 Å². The minimum Gasteiger partial charge on any atom is -0.790 e. The number of amides is 2. The van der Waals surface area contributed by atoms with Crippen molar-refractivity contribution in [1.82, 2.24) is 30.2 Å². The third-order valence-corrected chi connectivity index (χ3v) is 11.5. The van der Waals surface area contributed by atoms with E-state index in [0.29, 0.717) is 18.6 Å². The van der Waals surface area contributed by atoms with Gasteiger partial charge in [-0.2, -0.15) is 0 Å². The predicted molar refractivity (Wildman–Crippen MR) is 182 cm³/mol. The number of aliphatic hydroxyl groups is 2. The van der Waals surface area contributed by atoms with Gasteiger partial charge in [-0.1, -0.05) is 31.7 Å². The molecule has 2 amide bonds. The second-order valence-corrected chi connectivity index (χ2v) is 17.6. The third kappa shape index (κ3) is 14.6. The van der Waals surface area contributed by atoms with Crippen molar-refractivity contribution in [2.24, 2.45) is 5.41 Å². The van der Waals surface area contributed by atoms with Gasteiger partial charge in [0.15, 0.2) is 22.8 Å². The quantitative estimate of drug-likeness (QED) is 0.0438. The van der Waals surface area contributed by atoms with Crippen LogP contribution in [-0.2, 0) is 50.7 Å². The highest BCUT2D eigenvalue weighted by molar-refractivity contribution is 8.13. The van der Waals surface area contributed by atoms with Crippen LogP contribution in [0.1, 0.15) is 45.8 Å². The fourth-order valence-corrected chi connectivity index (χ4v) is 8.19. The number of nitrogens with zero attached hydrogens (tertiary/aromatic N) is 4. The van der Waals surface area contributed by atoms with Gasteiger partial charge in [0.05, 0.1) is 27.4 Å². The number of unbranched alkanes of at least 4 members (excludes halogenated alkanes) is 1. The molecule has 3 heterocycles. The average molecular weight is 860 g/mol. The highest BCUT2D eigenvalue weighted by Gasteiger charge is 2.47. The number of thioether (sulfide) groups is 1. The van der Waals surface area contributed by atoms with Crippen molar-refractivity contribution in [3.8, 4) is 0 Å². The Kier molecular flexibility index (Phi) is 17.1. The van der Waals surface area contributed by atoms with Crippen LogP contribution >= 0.6 is 35.2 Å². The number of ether oxygens (including phenoxy) is 1. The molecule has 310 valence electrons. The van der Waals surface area contributed by atoms with Crippen molar-refractivity contribution >= 4 is 69.1 Å². The number of phosphoric ester groups is 3. The van der Waals surface area contributed by atoms with Gasteiger partial charge in [0.25, 0.3) is 15.6 Å². The molecule has 0 aromatic carbocycles. The highest BCUT2D eigenvalue weighted by Crippen LogP contribution is 2.56. The summed E-state index contributed by atoms with van der Waals surface area (Å²) in [6.07, 6.45) is -4.07. The summed E-state index contributed by atoms with van der Waals surface area (Å²) in [5.41, 5.74) is 4.07. The molecule has 2 unspecified atom stereocenters. The molecular formula is C27H40N7O17P3S-4. The molecular weight excluding hydrogens is 819 g/mol. The number of hydrogen-bond donors (Lipinski definition) is 5. The summed E-state index contributed by atoms with van der Waals surface area (Å²) >= 11 is 1.07. The number of nitrogens with two attached hydrogens (primary N) is 1. The van der Waals surface area contributed by atoms with E-state index in [1.165, 1.54) is 13.8 Å². The number of fused-ring (bicyclic) bond motifs is 1. The van der Waals surface area contributed by atoms with Crippen LogP contribution in [0.5, 0.6) is 0 Å². The number of imidazole rings is 1. The van der Waals surface area contributed by atoms with Gasteiger partial charge in [-0.15, -0.1) is 6.58 Å². The molecule has 2 aromatic heterocycles. The van der Waals surface area contributed by atoms with Gasteiger partial charge < -0.3 is 69.0 Å². The fourth-order valence-electron chi connectivity index (χ4n) is 4.74. The molecule has 0 radical (unpaired) electrons. The molecule has 1 aliphatic heterocycles. The Morgan fingerprint density at radius 3 is 2.47 bits per heavy atom. The van der Waals surface area contributed by atoms with Crippen molar-refractivity contribution in [1.29, 1.82) is 0 Å². The van der Waals surface area contributed by atoms with Gasteiger partial charge in [-0.3, -0.25) is 28.1 Å². The number of rotatable bonds is 23. The van der Waals surface area contributed by atoms with E-state index >= 15 is 0 Å². The monoisotopic (exact) mass is 859 g/mol. The van der Waals surface area contributed by atoms with Crippen molar-refractivity contribution in [3.05, 3.63) is 25.3 Å². The third-order valence-electron chi connectivity index (χ3n) is 7.53. The first kappa shape index (κ1) is 46.7. The van der Waals surface area contributed by atoms with E-state index in [0.717, 1.165) is 35.4 Å². The number of nitrogens with one attached hydrogen (secondary N) is 2. The van der Waals surface area contributed by atoms with Crippen LogP contribution < -0.4 is 35.9 Å². The standard InChI is InChI=1S/C27H44N7O17P3S/c1-4-5-6-7-18(36)55-11-10-29-17(35)8-9-30-25(39)22(38)27(2,3)13-48-54(45,46)51-53(43,44)47-12-16-21(50-52(40,41)42)20(37)26(49-16)34-15-33-19-23(28)31-14-32-24(19)34/h4,14-16,20-22,26,37-38H,1,5-13H2,2-3H3,(H,29,35)(H,30,39)(H,43,44)(H,45,46)(H2,28,31,32)(H2,40,41,42)/p-4/t16-,20-,21-,22+,26-/m1/s1. The van der Waals surface area contributed by atoms with Crippen LogP contribution in [0.2, 0.25) is 0 Å². The number of aromatic nitrogens is 4. The molecule has 6 N–H and O–H groups in total. The minimum atomic E-state index is -5.91. The fraction of sp³-hybridized carbons (Fsp3) is 0.630. The van der Waals surface area contributed by atoms with Crippen molar-refractivity contribution in [3.63, 3.8) is 0 Å². The lowest BCUT2D eigenvalue weighted by Crippen LogP contribution is -2.46. The smallest absolute Gasteiger partial charge is 0.274 e. The lowest BCUT2D eigenvalue weighted by Gasteiger charge is -2.36. The maximum absolute atomic E-state index is 12.5. The van der Waals surface area contributed by atoms with Gasteiger partial charge in [-0.25, -0.2) is 19.3 Å². The Balaban J connectivity index is 1.49. The lowest BCUT2D eigenvalue weighted by atomic mass is 9.87. The lowest BCUT2D eigenvalue weighted by molar-refractivity contribution is -0.347. The number of phosphoric acid groups is 3. The molecule has 0 saturated carbocycles. The number of carbonyl (C=O) groups is 3. The maximum Gasteiger partial charge on any atom is 0.274 e. The second kappa shape index (κ2) is 20.1. The molecule has 0 spiro atoms. The largest absolute Gasteiger partial charge is 0.790 e. The van der Waals surface area contributed by atoms with E-state index in [-0.39, 0.29) is 41.6 Å². The SMILES string of the molecule is C=CCCCC(=O)SCCNC(=O)CCNC(=O)[C@H](O)C(C)(C)COP(=O)([O-])OP(=O)([O-])OC[C@H]1O[C@@H](n2cnc3c(N)ncnc32)[C@H](O)[C@@H]1OP(=O)([O-])[O-]. The Morgan fingerprint density at radius 1 is 1.11 bits per heavy atom. The zero-order chi connectivity index (χ0) is 41.2. The molecule has 55 heavy (non-hydrogen) atoms. The number of allylic oxidation sites excluding steroid dienone is 1. The number of aliphatic hydroxyl groups excluding tert-OH is 2. The van der Waals surface area contributed by atoms with E-state index in [9.17, 15) is 57.9 Å². The molecule has 2 aromatic rings. The summed E-state index contributed by atoms with van der Waals surface area (Å²) in [5.74, 6) is -1.20. The molecule has 1 saturated heterocycles. The van der Waals surface area contributed by atoms with Crippen LogP contribution in [0.25, 0.3) is 11.2 Å². The van der Waals surface area contributed by atoms with E-state index in [2.05, 4.69) is 50.0 Å². The molecule has 3 rings (SSSR count). The zero-order valence-corrected chi connectivity index (χ0v) is 32.8. The van der Waals surface area contributed by atoms with Crippen molar-refractivity contribution in [2.45, 2.75) is 70.2 Å². The molecule has 0 aliphatic carbocycles. The van der Waals surface area contributed by atoms with Crippen molar-refractivity contribution in [2.75, 3.05) is 37.8 Å². The molecule has 1 fully saturated rings. The molecule has 24 nitrogen and oxygen atoms in total. The zero-order valence-electron chi connectivity index (χ0n) is 29.3. The average Bonchev–Trinajstić information content (AvgIpc) is 3.64. The van der Waals surface area contributed by atoms with E-state index < -0.39 is 84.6 Å². The molecule has 1 aliphatic rings. The van der Waals surface area contributed by atoms with E-state index in [1.54, 1.807) is 6.08 Å². The molecule has 28 heteroatoms. The van der Waals surface area contributed by atoms with Gasteiger partial charge in [0, 0.05) is 37.1 Å². The predicted octanol–water partition coefficient (Wildman–Crippen LogP) is -2.51. The maximum atomic E-state index is 12.5. The number of hydrogen-bond acceptors (Lipinski definition) is 22. The summed E-state index contributed by atoms with van der Waals surface area (Å²) in [7, 11) is -17.6. The minimum absolute atomic E-state index is 0.0169. The summed E-state index contributed by atoms with van der Waals surface area (Å²) in [4.78, 5) is 95.6. The summed E-state index contributed by atoms with van der Waals surface area (Å²) < 4.78 is 60.4. The summed E-state index contributed by atoms with van der Waals surface area (Å²) in [6, 6.07) is 0. The normalized spacial score (nSPS) is 21.7. The molecule has 7 atom stereocenters. The summed E-state index contributed by atoms with van der Waals surface area (Å²) in [5, 5.41) is 26.1. The van der Waals surface area contributed by atoms with Crippen LogP contribution in [-0.4, -0.2) is 103 Å². The van der Waals surface area contributed by atoms with Gasteiger partial charge in [0.2, 0.25) is 11.8 Å². The Hall–Kier alpha value is -2.70. The Morgan fingerprint density at radius 2 is 1.80 bits per heavy atom. The topological polar surface area (TPSA) is 375 Å². The Labute approximate surface area is 318 Å². The number of anilines is 1. The first-order valence-electron chi connectivity index (χ1n) is 16.1. The number of nitrogen functional groups attached to an aromatic ring is 1. The van der Waals surface area contributed by atoms with Gasteiger partial charge in [0.1, 0.15) is 36.3 Å². The highest BCUT2D eigenvalue weighted by atomic mass is 32.2. The summed E-state index contributed by atoms with van der Waals surface area (Å²) in [6.45, 7) is 3.69. The van der Waals surface area contributed by atoms with Crippen LogP contribution in [0, 0.1) is 5.41 Å². The first-order chi connectivity index (χ1) is 25.6. The van der Waals surface area contributed by atoms with Gasteiger partial charge in [-0.05, 0) is 12.8 Å². The number of carbonyl (C=O) groups excluding carboxylic acids is 3. The second-order valence-electron chi connectivity index (χ2n) is 12.4. The molecule has 0 bridgehead atoms. The van der Waals surface area contributed by atoms with Crippen molar-refractivity contribution < 1.29 is 80.5 Å². The van der Waals surface area contributed by atoms with Crippen LogP contribution in [0.3, 0.4) is 0 Å². The van der Waals surface area contributed by atoms with Crippen LogP contribution in [0.15, 0.2) is 25.3 Å². The van der Waals surface area contributed by atoms with E-state index in [4.69, 9.17) is 10.5 Å².